The maximum atomic E-state index is 14.2. The van der Waals surface area contributed by atoms with E-state index in [9.17, 15) is 14.4 Å². The summed E-state index contributed by atoms with van der Waals surface area (Å²) < 4.78 is 23.3. The summed E-state index contributed by atoms with van der Waals surface area (Å²) in [4.78, 5) is 51.2. The molecule has 10 heteroatoms. The number of nitrogens with zero attached hydrogens (tertiary/aromatic N) is 3. The van der Waals surface area contributed by atoms with E-state index in [0.29, 0.717) is 49.1 Å². The predicted octanol–water partition coefficient (Wildman–Crippen LogP) is 3.91. The van der Waals surface area contributed by atoms with Crippen molar-refractivity contribution in [3.63, 3.8) is 0 Å². The van der Waals surface area contributed by atoms with Gasteiger partial charge in [0, 0.05) is 17.4 Å². The number of esters is 1. The van der Waals surface area contributed by atoms with Crippen LogP contribution in [0.1, 0.15) is 64.5 Å². The van der Waals surface area contributed by atoms with Crippen LogP contribution in [-0.4, -0.2) is 78.1 Å². The number of ether oxygens (including phenoxy) is 4. The summed E-state index contributed by atoms with van der Waals surface area (Å²) in [6, 6.07) is 4.95. The molecule has 42 heavy (non-hydrogen) atoms. The zero-order chi connectivity index (χ0) is 29.4. The average molecular weight is 580 g/mol. The molecular weight excluding hydrogens is 538 g/mol. The van der Waals surface area contributed by atoms with E-state index in [1.807, 2.05) is 32.0 Å². The molecule has 1 aliphatic carbocycles. The zero-order valence-electron chi connectivity index (χ0n) is 24.8. The summed E-state index contributed by atoms with van der Waals surface area (Å²) in [5.41, 5.74) is 1.72. The quantitative estimate of drug-likeness (QED) is 0.392. The highest BCUT2D eigenvalue weighted by atomic mass is 16.5. The number of methoxy groups -OCH3 is 1. The van der Waals surface area contributed by atoms with Gasteiger partial charge in [0.05, 0.1) is 56.3 Å². The number of aromatic nitrogens is 2. The molecule has 1 saturated carbocycles. The predicted molar refractivity (Wildman–Crippen MR) is 153 cm³/mol. The lowest BCUT2D eigenvalue weighted by molar-refractivity contribution is -0.174. The molecule has 2 saturated heterocycles. The van der Waals surface area contributed by atoms with Crippen LogP contribution in [0.25, 0.3) is 11.0 Å². The molecule has 6 rings (SSSR count). The van der Waals surface area contributed by atoms with Gasteiger partial charge in [-0.2, -0.15) is 0 Å². The molecule has 6 atom stereocenters. The number of carbonyl (C=O) groups is 3. The Bertz CT molecular complexity index is 1340. The van der Waals surface area contributed by atoms with Crippen LogP contribution in [0.2, 0.25) is 0 Å². The maximum Gasteiger partial charge on any atom is 0.306 e. The number of benzene rings is 1. The third kappa shape index (κ3) is 5.57. The normalized spacial score (nSPS) is 31.5. The molecule has 0 radical (unpaired) electrons. The van der Waals surface area contributed by atoms with Gasteiger partial charge in [0.15, 0.2) is 0 Å². The molecular formula is C32H41N3O7. The Morgan fingerprint density at radius 2 is 1.93 bits per heavy atom. The van der Waals surface area contributed by atoms with Crippen molar-refractivity contribution in [1.82, 2.24) is 14.9 Å². The molecule has 1 amide bonds. The van der Waals surface area contributed by atoms with E-state index in [4.69, 9.17) is 28.9 Å². The summed E-state index contributed by atoms with van der Waals surface area (Å²) in [6.45, 7) is 4.98. The van der Waals surface area contributed by atoms with E-state index in [0.717, 1.165) is 49.6 Å². The Kier molecular flexibility index (Phi) is 8.09. The first-order chi connectivity index (χ1) is 20.3. The van der Waals surface area contributed by atoms with Gasteiger partial charge in [-0.15, -0.1) is 0 Å². The second kappa shape index (κ2) is 11.8. The van der Waals surface area contributed by atoms with Gasteiger partial charge in [-0.05, 0) is 50.2 Å². The molecule has 2 aromatic rings. The zero-order valence-corrected chi connectivity index (χ0v) is 24.8. The molecule has 0 N–H and O–H groups in total. The van der Waals surface area contributed by atoms with Crippen molar-refractivity contribution in [1.29, 1.82) is 0 Å². The van der Waals surface area contributed by atoms with Gasteiger partial charge < -0.3 is 28.6 Å². The van der Waals surface area contributed by atoms with E-state index in [1.54, 1.807) is 12.0 Å². The number of aldehydes is 1. The van der Waals surface area contributed by atoms with E-state index in [1.165, 1.54) is 0 Å². The van der Waals surface area contributed by atoms with Crippen molar-refractivity contribution in [3.05, 3.63) is 23.9 Å². The van der Waals surface area contributed by atoms with Crippen LogP contribution in [0.3, 0.4) is 0 Å². The van der Waals surface area contributed by atoms with Gasteiger partial charge in [-0.3, -0.25) is 9.59 Å². The van der Waals surface area contributed by atoms with Crippen molar-refractivity contribution < 1.29 is 33.3 Å². The van der Waals surface area contributed by atoms with Crippen molar-refractivity contribution in [2.75, 3.05) is 26.9 Å². The monoisotopic (exact) mass is 579 g/mol. The van der Waals surface area contributed by atoms with E-state index < -0.39 is 23.5 Å². The molecule has 4 aliphatic rings. The number of hydrogen-bond donors (Lipinski definition) is 0. The molecule has 3 fully saturated rings. The SMILES string of the molecule is CC[C@@H]1[C@@H]2CN(C(=O)[C@H](C3(C)COC3)CC(=O)O[C@@H]3C[C@H]3CCCCCc3nc4ccc(OC)cc4nc3O2)[C@@H]1C=O. The minimum atomic E-state index is -0.664. The number of amides is 1. The van der Waals surface area contributed by atoms with Crippen LogP contribution in [-0.2, 0) is 30.3 Å². The Morgan fingerprint density at radius 1 is 1.10 bits per heavy atom. The standard InChI is InChI=1S/C32H41N3O7/c1-4-21-26(16-36)35-15-28(21)42-30-24(33-23-11-10-20(39-3)13-25(23)34-30)9-7-5-6-8-19-12-27(19)41-29(37)14-22(31(35)38)32(2)17-40-18-32/h10-11,13,16,19,21-22,26-28H,4-9,12,14-15,17-18H2,1-3H3/t19-,21+,22-,26-,27-,28+/m1/s1. The highest BCUT2D eigenvalue weighted by Crippen LogP contribution is 2.43. The molecule has 0 unspecified atom stereocenters. The van der Waals surface area contributed by atoms with Gasteiger partial charge in [0.1, 0.15) is 29.9 Å². The van der Waals surface area contributed by atoms with Crippen molar-refractivity contribution in [2.45, 2.75) is 83.5 Å². The molecule has 2 bridgehead atoms. The van der Waals surface area contributed by atoms with Crippen LogP contribution in [0.5, 0.6) is 11.6 Å². The molecule has 3 aliphatic heterocycles. The summed E-state index contributed by atoms with van der Waals surface area (Å²) in [5, 5.41) is 0. The fourth-order valence-corrected chi connectivity index (χ4v) is 6.91. The Balaban J connectivity index is 1.35. The van der Waals surface area contributed by atoms with Gasteiger partial charge in [0.2, 0.25) is 11.8 Å². The topological polar surface area (TPSA) is 117 Å². The Morgan fingerprint density at radius 3 is 2.64 bits per heavy atom. The molecule has 1 aromatic carbocycles. The number of rotatable bonds is 4. The fraction of sp³-hybridized carbons (Fsp3) is 0.656. The van der Waals surface area contributed by atoms with E-state index in [2.05, 4.69) is 0 Å². The molecule has 0 spiro atoms. The number of fused-ring (bicyclic) bond motifs is 5. The lowest BCUT2D eigenvalue weighted by Crippen LogP contribution is -2.54. The Labute approximate surface area is 246 Å². The largest absolute Gasteiger partial charge is 0.497 e. The van der Waals surface area contributed by atoms with Crippen molar-refractivity contribution >= 4 is 29.2 Å². The van der Waals surface area contributed by atoms with E-state index >= 15 is 0 Å². The van der Waals surface area contributed by atoms with Crippen molar-refractivity contribution in [2.24, 2.45) is 23.2 Å². The number of carbonyl (C=O) groups excluding carboxylic acids is 3. The van der Waals surface area contributed by atoms with Crippen LogP contribution in [0, 0.1) is 23.2 Å². The molecule has 4 heterocycles. The number of hydrogen-bond acceptors (Lipinski definition) is 9. The smallest absolute Gasteiger partial charge is 0.306 e. The van der Waals surface area contributed by atoms with Gasteiger partial charge in [0.25, 0.3) is 0 Å². The minimum Gasteiger partial charge on any atom is -0.497 e. The summed E-state index contributed by atoms with van der Waals surface area (Å²) in [5.74, 6) is 0.0692. The van der Waals surface area contributed by atoms with Gasteiger partial charge in [-0.25, -0.2) is 9.97 Å². The lowest BCUT2D eigenvalue weighted by atomic mass is 9.73. The first-order valence-corrected chi connectivity index (χ1v) is 15.4. The van der Waals surface area contributed by atoms with Crippen LogP contribution in [0.4, 0.5) is 0 Å². The Hall–Kier alpha value is -3.27. The fourth-order valence-electron chi connectivity index (χ4n) is 6.91. The van der Waals surface area contributed by atoms with Crippen LogP contribution >= 0.6 is 0 Å². The van der Waals surface area contributed by atoms with Gasteiger partial charge >= 0.3 is 5.97 Å². The van der Waals surface area contributed by atoms with E-state index in [-0.39, 0.29) is 36.9 Å². The average Bonchev–Trinajstić information content (AvgIpc) is 3.60. The lowest BCUT2D eigenvalue weighted by Gasteiger charge is -2.44. The highest BCUT2D eigenvalue weighted by molar-refractivity contribution is 5.87. The van der Waals surface area contributed by atoms with Crippen molar-refractivity contribution in [3.8, 4) is 11.6 Å². The summed E-state index contributed by atoms with van der Waals surface area (Å²) in [6.07, 6.45) is 6.53. The molecule has 226 valence electrons. The summed E-state index contributed by atoms with van der Waals surface area (Å²) >= 11 is 0. The van der Waals surface area contributed by atoms with Gasteiger partial charge in [-0.1, -0.05) is 26.7 Å². The molecule has 10 nitrogen and oxygen atoms in total. The third-order valence-electron chi connectivity index (χ3n) is 9.72. The van der Waals surface area contributed by atoms with Crippen LogP contribution < -0.4 is 9.47 Å². The summed E-state index contributed by atoms with van der Waals surface area (Å²) in [7, 11) is 1.61. The first kappa shape index (κ1) is 28.8. The second-order valence-corrected chi connectivity index (χ2v) is 12.7. The number of aryl methyl sites for hydroxylation is 1. The third-order valence-corrected chi connectivity index (χ3v) is 9.72. The second-order valence-electron chi connectivity index (χ2n) is 12.7. The maximum absolute atomic E-state index is 14.2. The first-order valence-electron chi connectivity index (χ1n) is 15.4. The molecule has 1 aromatic heterocycles. The van der Waals surface area contributed by atoms with Crippen LogP contribution in [0.15, 0.2) is 18.2 Å². The highest BCUT2D eigenvalue weighted by Gasteiger charge is 2.53. The minimum absolute atomic E-state index is 0.0194.